The molecule has 5 heteroatoms. The van der Waals surface area contributed by atoms with E-state index in [9.17, 15) is 9.90 Å². The number of benzene rings is 1. The lowest BCUT2D eigenvalue weighted by molar-refractivity contribution is -0.126. The standard InChI is InChI=1S/C19H24N2O2S/c1-10-8-13-17-14(21-19(23)18(13)24-10)6-7-15(22)16(17)12-4-2-11(9-20)3-5-12/h2-5,8,13-18,22H,6-7,9,20H2,1H3,(H,21,23). The van der Waals surface area contributed by atoms with E-state index >= 15 is 0 Å². The first kappa shape index (κ1) is 16.2. The lowest BCUT2D eigenvalue weighted by Crippen LogP contribution is -2.59. The molecule has 1 saturated heterocycles. The van der Waals surface area contributed by atoms with Crippen LogP contribution < -0.4 is 11.1 Å². The third-order valence-corrected chi connectivity index (χ3v) is 7.08. The van der Waals surface area contributed by atoms with Crippen LogP contribution >= 0.6 is 11.8 Å². The van der Waals surface area contributed by atoms with Gasteiger partial charge in [0, 0.05) is 24.4 Å². The van der Waals surface area contributed by atoms with Crippen LogP contribution in [0.1, 0.15) is 36.8 Å². The van der Waals surface area contributed by atoms with Crippen LogP contribution in [0.3, 0.4) is 0 Å². The van der Waals surface area contributed by atoms with Crippen molar-refractivity contribution in [3.8, 4) is 0 Å². The quantitative estimate of drug-likeness (QED) is 0.768. The van der Waals surface area contributed by atoms with E-state index in [4.69, 9.17) is 5.73 Å². The number of hydrogen-bond donors (Lipinski definition) is 3. The number of rotatable bonds is 2. The second kappa shape index (κ2) is 6.21. The first-order valence-electron chi connectivity index (χ1n) is 8.71. The van der Waals surface area contributed by atoms with Crippen molar-refractivity contribution >= 4 is 17.7 Å². The fourth-order valence-electron chi connectivity index (χ4n) is 4.71. The maximum Gasteiger partial charge on any atom is 0.234 e. The van der Waals surface area contributed by atoms with Gasteiger partial charge in [-0.05, 0) is 41.7 Å². The topological polar surface area (TPSA) is 75.3 Å². The summed E-state index contributed by atoms with van der Waals surface area (Å²) in [6.45, 7) is 2.61. The SMILES string of the molecule is CC1=CC2C(S1)C(=O)NC1CCC(O)C(c3ccc(CN)cc3)C12. The summed E-state index contributed by atoms with van der Waals surface area (Å²) in [4.78, 5) is 13.7. The van der Waals surface area contributed by atoms with Gasteiger partial charge >= 0.3 is 0 Å². The highest BCUT2D eigenvalue weighted by Crippen LogP contribution is 2.51. The third-order valence-electron chi connectivity index (χ3n) is 5.79. The molecular weight excluding hydrogens is 320 g/mol. The molecule has 1 saturated carbocycles. The molecule has 1 amide bonds. The molecule has 0 spiro atoms. The Hall–Kier alpha value is -1.30. The maximum absolute atomic E-state index is 12.4. The summed E-state index contributed by atoms with van der Waals surface area (Å²) >= 11 is 1.67. The van der Waals surface area contributed by atoms with Gasteiger partial charge in [-0.1, -0.05) is 30.3 Å². The van der Waals surface area contributed by atoms with Crippen molar-refractivity contribution in [3.63, 3.8) is 0 Å². The smallest absolute Gasteiger partial charge is 0.234 e. The fourth-order valence-corrected chi connectivity index (χ4v) is 5.94. The van der Waals surface area contributed by atoms with Crippen molar-refractivity contribution in [2.75, 3.05) is 0 Å². The monoisotopic (exact) mass is 344 g/mol. The molecule has 2 heterocycles. The minimum Gasteiger partial charge on any atom is -0.392 e. The summed E-state index contributed by atoms with van der Waals surface area (Å²) < 4.78 is 0. The lowest BCUT2D eigenvalue weighted by Gasteiger charge is -2.48. The number of amides is 1. The Morgan fingerprint density at radius 3 is 2.75 bits per heavy atom. The van der Waals surface area contributed by atoms with Crippen LogP contribution in [0.2, 0.25) is 0 Å². The highest BCUT2D eigenvalue weighted by atomic mass is 32.2. The Balaban J connectivity index is 1.72. The van der Waals surface area contributed by atoms with Crippen molar-refractivity contribution in [3.05, 3.63) is 46.4 Å². The number of allylic oxidation sites excluding steroid dienone is 2. The number of hydrogen-bond acceptors (Lipinski definition) is 4. The van der Waals surface area contributed by atoms with E-state index in [1.165, 1.54) is 4.91 Å². The Bertz CT molecular complexity index is 672. The van der Waals surface area contributed by atoms with Crippen LogP contribution in [0.15, 0.2) is 35.2 Å². The van der Waals surface area contributed by atoms with Crippen LogP contribution in [0.25, 0.3) is 0 Å². The zero-order valence-corrected chi connectivity index (χ0v) is 14.6. The van der Waals surface area contributed by atoms with Gasteiger partial charge in [0.1, 0.15) is 0 Å². The van der Waals surface area contributed by atoms with E-state index in [1.54, 1.807) is 11.8 Å². The van der Waals surface area contributed by atoms with Gasteiger partial charge in [0.15, 0.2) is 0 Å². The number of aliphatic hydroxyl groups excluding tert-OH is 1. The van der Waals surface area contributed by atoms with Gasteiger partial charge in [-0.15, -0.1) is 11.8 Å². The molecule has 0 radical (unpaired) electrons. The molecule has 6 unspecified atom stereocenters. The fraction of sp³-hybridized carbons (Fsp3) is 0.526. The van der Waals surface area contributed by atoms with E-state index in [0.717, 1.165) is 24.0 Å². The molecule has 2 fully saturated rings. The van der Waals surface area contributed by atoms with Gasteiger partial charge in [-0.2, -0.15) is 0 Å². The Kier molecular flexibility index (Phi) is 4.19. The molecule has 1 aromatic rings. The van der Waals surface area contributed by atoms with Crippen LogP contribution in [0.4, 0.5) is 0 Å². The average Bonchev–Trinajstić information content (AvgIpc) is 2.98. The average molecular weight is 344 g/mol. The Morgan fingerprint density at radius 1 is 1.29 bits per heavy atom. The second-order valence-electron chi connectivity index (χ2n) is 7.20. The Morgan fingerprint density at radius 2 is 2.04 bits per heavy atom. The van der Waals surface area contributed by atoms with Crippen molar-refractivity contribution in [1.82, 2.24) is 5.32 Å². The highest BCUT2D eigenvalue weighted by Gasteiger charge is 2.52. The molecule has 4 N–H and O–H groups in total. The molecule has 0 aromatic heterocycles. The molecule has 6 atom stereocenters. The molecule has 2 aliphatic heterocycles. The van der Waals surface area contributed by atoms with E-state index in [1.807, 2.05) is 0 Å². The number of nitrogens with two attached hydrogens (primary N) is 1. The van der Waals surface area contributed by atoms with Crippen molar-refractivity contribution in [1.29, 1.82) is 0 Å². The number of carbonyl (C=O) groups excluding carboxylic acids is 1. The van der Waals surface area contributed by atoms with Gasteiger partial charge in [0.05, 0.1) is 11.4 Å². The van der Waals surface area contributed by atoms with E-state index in [2.05, 4.69) is 42.6 Å². The number of fused-ring (bicyclic) bond motifs is 3. The summed E-state index contributed by atoms with van der Waals surface area (Å²) in [5, 5.41) is 14.0. The molecule has 1 aromatic carbocycles. The van der Waals surface area contributed by atoms with Crippen molar-refractivity contribution < 1.29 is 9.90 Å². The summed E-state index contributed by atoms with van der Waals surface area (Å²) in [5.41, 5.74) is 7.96. The molecule has 24 heavy (non-hydrogen) atoms. The van der Waals surface area contributed by atoms with Crippen LogP contribution in [-0.4, -0.2) is 28.4 Å². The largest absolute Gasteiger partial charge is 0.392 e. The number of thioether (sulfide) groups is 1. The van der Waals surface area contributed by atoms with Crippen molar-refractivity contribution in [2.45, 2.75) is 49.6 Å². The third kappa shape index (κ3) is 2.59. The number of carbonyl (C=O) groups is 1. The Labute approximate surface area is 146 Å². The van der Waals surface area contributed by atoms with E-state index in [-0.39, 0.29) is 41.1 Å². The first-order valence-corrected chi connectivity index (χ1v) is 9.59. The van der Waals surface area contributed by atoms with Gasteiger partial charge in [-0.25, -0.2) is 0 Å². The summed E-state index contributed by atoms with van der Waals surface area (Å²) in [6, 6.07) is 8.46. The maximum atomic E-state index is 12.4. The molecular formula is C19H24N2O2S. The van der Waals surface area contributed by atoms with Crippen LogP contribution in [-0.2, 0) is 11.3 Å². The second-order valence-corrected chi connectivity index (χ2v) is 8.59. The van der Waals surface area contributed by atoms with Gasteiger partial charge < -0.3 is 16.2 Å². The van der Waals surface area contributed by atoms with E-state index in [0.29, 0.717) is 6.54 Å². The van der Waals surface area contributed by atoms with E-state index < -0.39 is 0 Å². The molecule has 0 bridgehead atoms. The molecule has 4 nitrogen and oxygen atoms in total. The van der Waals surface area contributed by atoms with Gasteiger partial charge in [-0.3, -0.25) is 4.79 Å². The summed E-state index contributed by atoms with van der Waals surface area (Å²) in [7, 11) is 0. The van der Waals surface area contributed by atoms with Crippen LogP contribution in [0.5, 0.6) is 0 Å². The highest BCUT2D eigenvalue weighted by molar-refractivity contribution is 8.04. The summed E-state index contributed by atoms with van der Waals surface area (Å²) in [5.74, 6) is 0.687. The first-order chi connectivity index (χ1) is 11.6. The predicted molar refractivity (Wildman–Crippen MR) is 96.4 cm³/mol. The molecule has 4 rings (SSSR count). The molecule has 128 valence electrons. The van der Waals surface area contributed by atoms with Crippen molar-refractivity contribution in [2.24, 2.45) is 17.6 Å². The van der Waals surface area contributed by atoms with Crippen LogP contribution in [0, 0.1) is 11.8 Å². The number of nitrogens with one attached hydrogen (secondary N) is 1. The summed E-state index contributed by atoms with van der Waals surface area (Å²) in [6.07, 6.45) is 3.49. The minimum absolute atomic E-state index is 0.0395. The predicted octanol–water partition coefficient (Wildman–Crippen LogP) is 2.13. The zero-order chi connectivity index (χ0) is 16.8. The molecule has 3 aliphatic rings. The number of aliphatic hydroxyl groups is 1. The number of piperidine rings is 1. The lowest BCUT2D eigenvalue weighted by atomic mass is 9.63. The normalized spacial score (nSPS) is 38.1. The minimum atomic E-state index is -0.357. The van der Waals surface area contributed by atoms with Gasteiger partial charge in [0.2, 0.25) is 5.91 Å². The van der Waals surface area contributed by atoms with Gasteiger partial charge in [0.25, 0.3) is 0 Å². The molecule has 1 aliphatic carbocycles. The zero-order valence-electron chi connectivity index (χ0n) is 13.8.